The Morgan fingerprint density at radius 2 is 0.922 bits per heavy atom. The van der Waals surface area contributed by atoms with Crippen molar-refractivity contribution in [2.24, 2.45) is 0 Å². The van der Waals surface area contributed by atoms with Gasteiger partial charge in [0.1, 0.15) is 11.5 Å². The number of halogens is 6. The molecule has 0 radical (unpaired) electrons. The molecule has 0 fully saturated rings. The second-order valence-electron chi connectivity index (χ2n) is 10.00. The summed E-state index contributed by atoms with van der Waals surface area (Å²) in [6, 6.07) is 22.4. The van der Waals surface area contributed by atoms with Crippen LogP contribution in [0.4, 0.5) is 26.3 Å². The molecule has 0 atom stereocenters. The summed E-state index contributed by atoms with van der Waals surface area (Å²) < 4.78 is 118. The van der Waals surface area contributed by atoms with Gasteiger partial charge < -0.3 is 19.3 Å². The fourth-order valence-corrected chi connectivity index (χ4v) is 3.81. The van der Waals surface area contributed by atoms with E-state index in [0.29, 0.717) is 31.7 Å². The van der Waals surface area contributed by atoms with Gasteiger partial charge in [-0.25, -0.2) is 16.8 Å². The zero-order valence-electron chi connectivity index (χ0n) is 26.3. The van der Waals surface area contributed by atoms with Crippen LogP contribution < -0.4 is 0 Å². The standard InChI is InChI=1S/C27H29N5O2.2CHF3O3S.Zn/c33-26-10-11-27(34)22(17-26)18-31(19-23-7-1-4-12-28-23)15-16-32(20-24-8-2-5-13-29-24)21-25-9-3-6-14-30-25;2*2-1(3,4)8(5,6)7;/h1-14,17,33-34H,15-16,18-21H2;2*(H,5,6,7);/q;;;+2/p-2. The molecule has 0 aliphatic carbocycles. The second-order valence-corrected chi connectivity index (χ2v) is 12.7. The number of hydrogen-bond donors (Lipinski definition) is 2. The molecule has 0 saturated carbocycles. The van der Waals surface area contributed by atoms with Crippen LogP contribution in [0, 0.1) is 0 Å². The largest absolute Gasteiger partial charge is 2.00 e. The molecule has 0 unspecified atom stereocenters. The number of phenolic OH excluding ortho intramolecular Hbond substituents is 2. The van der Waals surface area contributed by atoms with Crippen molar-refractivity contribution >= 4 is 20.2 Å². The van der Waals surface area contributed by atoms with Crippen LogP contribution in [0.1, 0.15) is 22.6 Å². The first-order chi connectivity index (χ1) is 23.2. The first-order valence-electron chi connectivity index (χ1n) is 13.9. The van der Waals surface area contributed by atoms with E-state index in [1.807, 2.05) is 67.0 Å². The molecule has 0 aliphatic heterocycles. The third-order valence-electron chi connectivity index (χ3n) is 6.09. The van der Waals surface area contributed by atoms with Crippen LogP contribution in [0.25, 0.3) is 0 Å². The average molecular weight is 819 g/mol. The van der Waals surface area contributed by atoms with Gasteiger partial charge in [0.2, 0.25) is 0 Å². The third kappa shape index (κ3) is 17.3. The zero-order chi connectivity index (χ0) is 37.6. The molecular formula is C29H29F6N5O8S2Zn. The van der Waals surface area contributed by atoms with Gasteiger partial charge in [-0.05, 0) is 54.6 Å². The number of nitrogens with zero attached hydrogens (tertiary/aromatic N) is 5. The molecule has 4 rings (SSSR count). The molecule has 3 aromatic heterocycles. The molecule has 0 aliphatic rings. The van der Waals surface area contributed by atoms with Gasteiger partial charge >= 0.3 is 30.5 Å². The number of alkyl halides is 6. The van der Waals surface area contributed by atoms with Gasteiger partial charge in [-0.2, -0.15) is 26.3 Å². The Labute approximate surface area is 301 Å². The minimum absolute atomic E-state index is 0. The van der Waals surface area contributed by atoms with Gasteiger partial charge in [-0.3, -0.25) is 24.8 Å². The minimum atomic E-state index is -6.09. The summed E-state index contributed by atoms with van der Waals surface area (Å²) in [6.07, 6.45) is 5.41. The minimum Gasteiger partial charge on any atom is -0.741 e. The summed E-state index contributed by atoms with van der Waals surface area (Å²) >= 11 is 0. The quantitative estimate of drug-likeness (QED) is 0.0722. The molecule has 1 aromatic carbocycles. The van der Waals surface area contributed by atoms with E-state index in [-0.39, 0.29) is 31.0 Å². The van der Waals surface area contributed by atoms with Gasteiger partial charge in [-0.1, -0.05) is 18.2 Å². The predicted molar refractivity (Wildman–Crippen MR) is 162 cm³/mol. The van der Waals surface area contributed by atoms with Gasteiger partial charge in [-0.15, -0.1) is 0 Å². The van der Waals surface area contributed by atoms with Crippen molar-refractivity contribution in [1.29, 1.82) is 0 Å². The van der Waals surface area contributed by atoms with E-state index in [2.05, 4.69) is 24.8 Å². The summed E-state index contributed by atoms with van der Waals surface area (Å²) in [5.41, 5.74) is -7.67. The van der Waals surface area contributed by atoms with Crippen LogP contribution in [0.15, 0.2) is 91.4 Å². The van der Waals surface area contributed by atoms with Crippen molar-refractivity contribution in [2.75, 3.05) is 13.1 Å². The number of benzene rings is 1. The van der Waals surface area contributed by atoms with E-state index in [0.717, 1.165) is 30.2 Å². The van der Waals surface area contributed by atoms with Crippen LogP contribution in [0.5, 0.6) is 11.5 Å². The van der Waals surface area contributed by atoms with Crippen LogP contribution in [-0.2, 0) is 65.9 Å². The van der Waals surface area contributed by atoms with Crippen LogP contribution in [-0.4, -0.2) is 85.0 Å². The van der Waals surface area contributed by atoms with E-state index in [4.69, 9.17) is 25.9 Å². The van der Waals surface area contributed by atoms with Crippen molar-refractivity contribution < 1.29 is 82.0 Å². The number of hydrogen-bond acceptors (Lipinski definition) is 13. The summed E-state index contributed by atoms with van der Waals surface area (Å²) in [7, 11) is -12.2. The summed E-state index contributed by atoms with van der Waals surface area (Å²) in [5.74, 6) is 0.306. The third-order valence-corrected chi connectivity index (χ3v) is 7.23. The van der Waals surface area contributed by atoms with Crippen LogP contribution in [0.2, 0.25) is 0 Å². The summed E-state index contributed by atoms with van der Waals surface area (Å²) in [5, 5.41) is 20.3. The molecule has 0 bridgehead atoms. The fourth-order valence-electron chi connectivity index (χ4n) is 3.81. The second kappa shape index (κ2) is 20.3. The van der Waals surface area contributed by atoms with E-state index in [9.17, 15) is 36.6 Å². The molecular weight excluding hydrogens is 790 g/mol. The molecule has 2 N–H and O–H groups in total. The van der Waals surface area contributed by atoms with Crippen LogP contribution >= 0.6 is 0 Å². The maximum absolute atomic E-state index is 10.7. The van der Waals surface area contributed by atoms with E-state index < -0.39 is 31.3 Å². The summed E-state index contributed by atoms with van der Waals surface area (Å²) in [6.45, 7) is 4.00. The van der Waals surface area contributed by atoms with Gasteiger partial charge in [0.15, 0.2) is 20.2 Å². The van der Waals surface area contributed by atoms with Crippen molar-refractivity contribution in [3.05, 3.63) is 114 Å². The molecule has 22 heteroatoms. The topological polar surface area (TPSA) is 200 Å². The maximum Gasteiger partial charge on any atom is 2.00 e. The Morgan fingerprint density at radius 1 is 0.588 bits per heavy atom. The SMILES string of the molecule is O=S(=O)([O-])C(F)(F)F.O=S(=O)([O-])C(F)(F)F.Oc1ccc(O)c(CN(CCN(Cc2ccccn2)Cc2ccccn2)Cc2ccccn2)c1.[Zn+2]. The van der Waals surface area contributed by atoms with Gasteiger partial charge in [0.05, 0.1) is 17.1 Å². The first kappa shape index (κ1) is 45.2. The number of phenols is 2. The van der Waals surface area contributed by atoms with Crippen molar-refractivity contribution in [1.82, 2.24) is 24.8 Å². The molecule has 13 nitrogen and oxygen atoms in total. The Hall–Kier alpha value is -3.79. The van der Waals surface area contributed by atoms with Gasteiger partial charge in [0, 0.05) is 63.4 Å². The molecule has 0 saturated heterocycles. The molecule has 4 aromatic rings. The zero-order valence-corrected chi connectivity index (χ0v) is 30.9. The smallest absolute Gasteiger partial charge is 0.741 e. The maximum atomic E-state index is 10.7. The van der Waals surface area contributed by atoms with Crippen LogP contribution in [0.3, 0.4) is 0 Å². The van der Waals surface area contributed by atoms with Crippen molar-refractivity contribution in [3.8, 4) is 11.5 Å². The monoisotopic (exact) mass is 817 g/mol. The normalized spacial score (nSPS) is 11.9. The predicted octanol–water partition coefficient (Wildman–Crippen LogP) is 4.09. The number of aromatic hydroxyl groups is 2. The van der Waals surface area contributed by atoms with Crippen molar-refractivity contribution in [3.63, 3.8) is 0 Å². The number of rotatable bonds is 11. The first-order valence-corrected chi connectivity index (χ1v) is 16.7. The van der Waals surface area contributed by atoms with E-state index in [1.165, 1.54) is 12.1 Å². The molecule has 3 heterocycles. The fraction of sp³-hybridized carbons (Fsp3) is 0.276. The Morgan fingerprint density at radius 3 is 1.22 bits per heavy atom. The van der Waals surface area contributed by atoms with E-state index in [1.54, 1.807) is 12.3 Å². The van der Waals surface area contributed by atoms with E-state index >= 15 is 0 Å². The summed E-state index contributed by atoms with van der Waals surface area (Å²) in [4.78, 5) is 18.0. The van der Waals surface area contributed by atoms with Gasteiger partial charge in [0.25, 0.3) is 0 Å². The number of aromatic nitrogens is 3. The molecule has 274 valence electrons. The van der Waals surface area contributed by atoms with Crippen molar-refractivity contribution in [2.45, 2.75) is 37.2 Å². The Kier molecular flexibility index (Phi) is 18.0. The molecule has 0 amide bonds. The number of pyridine rings is 3. The average Bonchev–Trinajstić information content (AvgIpc) is 3.02. The molecule has 0 spiro atoms. The Bertz CT molecular complexity index is 1750. The Balaban J connectivity index is 0.000000638. The molecule has 51 heavy (non-hydrogen) atoms.